The summed E-state index contributed by atoms with van der Waals surface area (Å²) in [5, 5.41) is 6.54. The van der Waals surface area contributed by atoms with Gasteiger partial charge < -0.3 is 24.8 Å². The molecule has 2 N–H and O–H groups in total. The molecule has 2 aromatic rings. The van der Waals surface area contributed by atoms with Crippen LogP contribution in [0.2, 0.25) is 0 Å². The standard InChI is InChI=1S/C20H22F2N2O3S/c1-3-25-17-9-13-8-12(2)26-18(13)10-14(17)11-23-20(28)24-15-4-6-16(7-5-15)27-19(21)22/h4-7,9-10,12,19H,3,8,11H2,1-2H3,(H2,23,24,28)/t12-/m1/s1. The number of ether oxygens (including phenoxy) is 3. The van der Waals surface area contributed by atoms with E-state index in [1.54, 1.807) is 12.1 Å². The van der Waals surface area contributed by atoms with E-state index in [9.17, 15) is 8.78 Å². The molecule has 0 fully saturated rings. The minimum Gasteiger partial charge on any atom is -0.494 e. The molecule has 0 amide bonds. The highest BCUT2D eigenvalue weighted by Gasteiger charge is 2.21. The molecule has 1 heterocycles. The zero-order valence-electron chi connectivity index (χ0n) is 15.6. The molecule has 0 saturated carbocycles. The topological polar surface area (TPSA) is 51.8 Å². The van der Waals surface area contributed by atoms with Crippen LogP contribution < -0.4 is 24.8 Å². The third-order valence-electron chi connectivity index (χ3n) is 4.16. The molecule has 3 rings (SSSR count). The van der Waals surface area contributed by atoms with Gasteiger partial charge in [0.2, 0.25) is 0 Å². The summed E-state index contributed by atoms with van der Waals surface area (Å²) in [7, 11) is 0. The molecule has 0 radical (unpaired) electrons. The number of alkyl halides is 2. The number of hydrogen-bond acceptors (Lipinski definition) is 4. The molecule has 0 unspecified atom stereocenters. The second-order valence-corrected chi connectivity index (χ2v) is 6.75. The van der Waals surface area contributed by atoms with E-state index in [4.69, 9.17) is 21.7 Å². The molecule has 150 valence electrons. The van der Waals surface area contributed by atoms with Crippen molar-refractivity contribution in [1.29, 1.82) is 0 Å². The SMILES string of the molecule is CCOc1cc2c(cc1CNC(=S)Nc1ccc(OC(F)F)cc1)O[C@H](C)C2. The number of halogens is 2. The van der Waals surface area contributed by atoms with E-state index in [0.717, 1.165) is 29.0 Å². The highest BCUT2D eigenvalue weighted by atomic mass is 32.1. The summed E-state index contributed by atoms with van der Waals surface area (Å²) in [6.07, 6.45) is 1.03. The minimum absolute atomic E-state index is 0.0909. The summed E-state index contributed by atoms with van der Waals surface area (Å²) in [6.45, 7) is 2.16. The lowest BCUT2D eigenvalue weighted by molar-refractivity contribution is -0.0498. The average Bonchev–Trinajstić information content (AvgIpc) is 3.00. The van der Waals surface area contributed by atoms with Crippen LogP contribution >= 0.6 is 12.2 Å². The van der Waals surface area contributed by atoms with Crippen LogP contribution in [0, 0.1) is 0 Å². The zero-order chi connectivity index (χ0) is 20.1. The fourth-order valence-corrected chi connectivity index (χ4v) is 3.17. The highest BCUT2D eigenvalue weighted by molar-refractivity contribution is 7.80. The molecule has 0 aliphatic carbocycles. The van der Waals surface area contributed by atoms with Crippen LogP contribution in [0.1, 0.15) is 25.0 Å². The largest absolute Gasteiger partial charge is 0.494 e. The smallest absolute Gasteiger partial charge is 0.387 e. The van der Waals surface area contributed by atoms with Gasteiger partial charge >= 0.3 is 6.61 Å². The van der Waals surface area contributed by atoms with Gasteiger partial charge in [0, 0.05) is 29.8 Å². The first-order valence-corrected chi connectivity index (χ1v) is 9.40. The Morgan fingerprint density at radius 1 is 1.29 bits per heavy atom. The fourth-order valence-electron chi connectivity index (χ4n) is 2.98. The first-order chi connectivity index (χ1) is 13.4. The Morgan fingerprint density at radius 3 is 2.71 bits per heavy atom. The maximum Gasteiger partial charge on any atom is 0.387 e. The molecule has 28 heavy (non-hydrogen) atoms. The van der Waals surface area contributed by atoms with Crippen LogP contribution in [0.4, 0.5) is 14.5 Å². The van der Waals surface area contributed by atoms with Crippen molar-refractivity contribution in [3.05, 3.63) is 47.5 Å². The van der Waals surface area contributed by atoms with Gasteiger partial charge in [0.25, 0.3) is 0 Å². The Kier molecular flexibility index (Phi) is 6.51. The van der Waals surface area contributed by atoms with E-state index >= 15 is 0 Å². The van der Waals surface area contributed by atoms with E-state index < -0.39 is 6.61 Å². The van der Waals surface area contributed by atoms with Crippen molar-refractivity contribution in [3.63, 3.8) is 0 Å². The van der Waals surface area contributed by atoms with Gasteiger partial charge in [-0.15, -0.1) is 0 Å². The molecule has 8 heteroatoms. The van der Waals surface area contributed by atoms with E-state index in [0.29, 0.717) is 24.0 Å². The molecule has 0 bridgehead atoms. The molecule has 0 spiro atoms. The molecule has 0 saturated heterocycles. The zero-order valence-corrected chi connectivity index (χ0v) is 16.4. The van der Waals surface area contributed by atoms with Crippen molar-refractivity contribution in [3.8, 4) is 17.2 Å². The minimum atomic E-state index is -2.85. The first-order valence-electron chi connectivity index (χ1n) is 8.99. The Bertz CT molecular complexity index is 831. The Balaban J connectivity index is 1.60. The molecule has 5 nitrogen and oxygen atoms in total. The van der Waals surface area contributed by atoms with Crippen molar-refractivity contribution in [1.82, 2.24) is 5.32 Å². The molecular weight excluding hydrogens is 386 g/mol. The normalized spacial score (nSPS) is 15.0. The molecular formula is C20H22F2N2O3S. The second kappa shape index (κ2) is 9.05. The van der Waals surface area contributed by atoms with Crippen molar-refractivity contribution in [2.24, 2.45) is 0 Å². The lowest BCUT2D eigenvalue weighted by Gasteiger charge is -2.15. The molecule has 0 aromatic heterocycles. The van der Waals surface area contributed by atoms with Crippen LogP contribution in [-0.4, -0.2) is 24.4 Å². The van der Waals surface area contributed by atoms with Crippen LogP contribution in [0.5, 0.6) is 17.2 Å². The monoisotopic (exact) mass is 408 g/mol. The van der Waals surface area contributed by atoms with Gasteiger partial charge in [-0.05, 0) is 62.5 Å². The lowest BCUT2D eigenvalue weighted by Crippen LogP contribution is -2.28. The molecule has 2 aromatic carbocycles. The van der Waals surface area contributed by atoms with E-state index in [-0.39, 0.29) is 11.9 Å². The van der Waals surface area contributed by atoms with Gasteiger partial charge in [0.1, 0.15) is 23.4 Å². The number of nitrogens with one attached hydrogen (secondary N) is 2. The second-order valence-electron chi connectivity index (χ2n) is 6.34. The number of thiocarbonyl (C=S) groups is 1. The van der Waals surface area contributed by atoms with Crippen molar-refractivity contribution in [2.45, 2.75) is 39.5 Å². The van der Waals surface area contributed by atoms with E-state index in [1.807, 2.05) is 26.0 Å². The summed E-state index contributed by atoms with van der Waals surface area (Å²) in [5.74, 6) is 1.78. The van der Waals surface area contributed by atoms with Crippen LogP contribution in [0.3, 0.4) is 0 Å². The Hall–Kier alpha value is -2.61. The number of rotatable bonds is 7. The van der Waals surface area contributed by atoms with Gasteiger partial charge in [-0.2, -0.15) is 8.78 Å². The maximum absolute atomic E-state index is 12.2. The fraction of sp³-hybridized carbons (Fsp3) is 0.350. The number of fused-ring (bicyclic) bond motifs is 1. The molecule has 1 atom stereocenters. The van der Waals surface area contributed by atoms with Gasteiger partial charge in [-0.3, -0.25) is 0 Å². The summed E-state index contributed by atoms with van der Waals surface area (Å²) in [5.41, 5.74) is 2.75. The predicted molar refractivity (Wildman–Crippen MR) is 108 cm³/mol. The van der Waals surface area contributed by atoms with Crippen LogP contribution in [0.25, 0.3) is 0 Å². The third-order valence-corrected chi connectivity index (χ3v) is 4.40. The van der Waals surface area contributed by atoms with Crippen molar-refractivity contribution < 1.29 is 23.0 Å². The Morgan fingerprint density at radius 2 is 2.04 bits per heavy atom. The lowest BCUT2D eigenvalue weighted by atomic mass is 10.1. The van der Waals surface area contributed by atoms with Crippen molar-refractivity contribution in [2.75, 3.05) is 11.9 Å². The Labute approximate surface area is 168 Å². The van der Waals surface area contributed by atoms with Crippen LogP contribution in [-0.2, 0) is 13.0 Å². The number of anilines is 1. The summed E-state index contributed by atoms with van der Waals surface area (Å²) >= 11 is 5.32. The van der Waals surface area contributed by atoms with Gasteiger partial charge in [0.15, 0.2) is 5.11 Å². The first kappa shape index (κ1) is 20.1. The molecule has 1 aliphatic heterocycles. The number of hydrogen-bond donors (Lipinski definition) is 2. The van der Waals surface area contributed by atoms with Crippen LogP contribution in [0.15, 0.2) is 36.4 Å². The van der Waals surface area contributed by atoms with E-state index in [2.05, 4.69) is 15.4 Å². The van der Waals surface area contributed by atoms with Gasteiger partial charge in [-0.25, -0.2) is 0 Å². The molecule has 1 aliphatic rings. The van der Waals surface area contributed by atoms with E-state index in [1.165, 1.54) is 12.1 Å². The average molecular weight is 408 g/mol. The van der Waals surface area contributed by atoms with Crippen molar-refractivity contribution >= 4 is 23.0 Å². The summed E-state index contributed by atoms with van der Waals surface area (Å²) < 4.78 is 40.3. The number of benzene rings is 2. The summed E-state index contributed by atoms with van der Waals surface area (Å²) in [6, 6.07) is 10.1. The van der Waals surface area contributed by atoms with Gasteiger partial charge in [0.05, 0.1) is 6.61 Å². The maximum atomic E-state index is 12.2. The van der Waals surface area contributed by atoms with Gasteiger partial charge in [-0.1, -0.05) is 0 Å². The summed E-state index contributed by atoms with van der Waals surface area (Å²) in [4.78, 5) is 0. The third kappa shape index (κ3) is 5.22. The predicted octanol–water partition coefficient (Wildman–Crippen LogP) is 4.50. The quantitative estimate of drug-likeness (QED) is 0.658. The highest BCUT2D eigenvalue weighted by Crippen LogP contribution is 2.35.